The Morgan fingerprint density at radius 1 is 1.31 bits per heavy atom. The molecule has 0 aliphatic carbocycles. The van der Waals surface area contributed by atoms with Gasteiger partial charge in [0, 0.05) is 0 Å². The molecule has 1 rings (SSSR count). The molecular formula is C9H6F4O3. The Kier molecular flexibility index (Phi) is 3.70. The highest BCUT2D eigenvalue weighted by molar-refractivity contribution is 5.38. The third-order valence-corrected chi connectivity index (χ3v) is 1.54. The van der Waals surface area contributed by atoms with Crippen LogP contribution < -0.4 is 4.74 Å². The van der Waals surface area contributed by atoms with Gasteiger partial charge in [0.2, 0.25) is 0 Å². The summed E-state index contributed by atoms with van der Waals surface area (Å²) < 4.78 is 56.0. The quantitative estimate of drug-likeness (QED) is 0.596. The van der Waals surface area contributed by atoms with Crippen LogP contribution in [0.15, 0.2) is 18.2 Å². The third-order valence-electron chi connectivity index (χ3n) is 1.54. The molecule has 0 heterocycles. The zero-order valence-corrected chi connectivity index (χ0v) is 7.75. The van der Waals surface area contributed by atoms with Crippen LogP contribution in [0.1, 0.15) is 5.56 Å². The Bertz CT molecular complexity index is 376. The number of alkyl halides is 3. The number of carbonyl (C=O) groups excluding carboxylic acids is 1. The van der Waals surface area contributed by atoms with Gasteiger partial charge in [-0.2, -0.15) is 0 Å². The lowest BCUT2D eigenvalue weighted by Crippen LogP contribution is -2.18. The van der Waals surface area contributed by atoms with Crippen LogP contribution in [0.3, 0.4) is 0 Å². The Morgan fingerprint density at radius 3 is 2.50 bits per heavy atom. The third kappa shape index (κ3) is 3.76. The first-order valence-electron chi connectivity index (χ1n) is 4.02. The van der Waals surface area contributed by atoms with Gasteiger partial charge in [-0.1, -0.05) is 6.07 Å². The SMILES string of the molecule is O=COCc1ccc(OC(F)(F)F)c(F)c1. The number of carbonyl (C=O) groups is 1. The summed E-state index contributed by atoms with van der Waals surface area (Å²) in [6.45, 7) is -0.0647. The van der Waals surface area contributed by atoms with Gasteiger partial charge in [0.25, 0.3) is 6.47 Å². The fourth-order valence-electron chi connectivity index (χ4n) is 0.972. The van der Waals surface area contributed by atoms with E-state index in [0.717, 1.165) is 18.2 Å². The summed E-state index contributed by atoms with van der Waals surface area (Å²) >= 11 is 0. The molecular weight excluding hydrogens is 232 g/mol. The van der Waals surface area contributed by atoms with Crippen LogP contribution in [0, 0.1) is 5.82 Å². The molecule has 0 atom stereocenters. The van der Waals surface area contributed by atoms with E-state index in [2.05, 4.69) is 9.47 Å². The number of ether oxygens (including phenoxy) is 2. The van der Waals surface area contributed by atoms with Crippen molar-refractivity contribution in [3.63, 3.8) is 0 Å². The molecule has 0 fully saturated rings. The van der Waals surface area contributed by atoms with E-state index in [1.54, 1.807) is 0 Å². The second kappa shape index (κ2) is 4.82. The molecule has 0 spiro atoms. The first kappa shape index (κ1) is 12.3. The number of hydrogen-bond acceptors (Lipinski definition) is 3. The minimum atomic E-state index is -4.94. The topological polar surface area (TPSA) is 35.5 Å². The minimum absolute atomic E-state index is 0.151. The van der Waals surface area contributed by atoms with Crippen molar-refractivity contribution in [1.29, 1.82) is 0 Å². The first-order valence-corrected chi connectivity index (χ1v) is 4.02. The molecule has 0 bridgehead atoms. The van der Waals surface area contributed by atoms with Crippen molar-refractivity contribution in [1.82, 2.24) is 0 Å². The highest BCUT2D eigenvalue weighted by Gasteiger charge is 2.32. The second-order valence-electron chi connectivity index (χ2n) is 2.72. The highest BCUT2D eigenvalue weighted by Crippen LogP contribution is 2.26. The molecule has 0 amide bonds. The van der Waals surface area contributed by atoms with Crippen LogP contribution in [0.2, 0.25) is 0 Å². The fourth-order valence-corrected chi connectivity index (χ4v) is 0.972. The van der Waals surface area contributed by atoms with Gasteiger partial charge in [-0.3, -0.25) is 4.79 Å². The molecule has 0 aromatic heterocycles. The summed E-state index contributed by atoms with van der Waals surface area (Å²) in [5, 5.41) is 0. The lowest BCUT2D eigenvalue weighted by Gasteiger charge is -2.10. The number of halogens is 4. The Morgan fingerprint density at radius 2 is 2.00 bits per heavy atom. The van der Waals surface area contributed by atoms with E-state index in [0.29, 0.717) is 0 Å². The second-order valence-corrected chi connectivity index (χ2v) is 2.72. The maximum Gasteiger partial charge on any atom is 0.573 e. The average molecular weight is 238 g/mol. The smallest absolute Gasteiger partial charge is 0.463 e. The van der Waals surface area contributed by atoms with Crippen LogP contribution in [0.5, 0.6) is 5.75 Å². The molecule has 88 valence electrons. The van der Waals surface area contributed by atoms with Crippen molar-refractivity contribution in [2.24, 2.45) is 0 Å². The molecule has 0 aliphatic heterocycles. The Labute approximate surface area is 87.6 Å². The van der Waals surface area contributed by atoms with E-state index in [-0.39, 0.29) is 18.6 Å². The van der Waals surface area contributed by atoms with Crippen LogP contribution >= 0.6 is 0 Å². The van der Waals surface area contributed by atoms with Crippen molar-refractivity contribution in [2.75, 3.05) is 0 Å². The summed E-state index contributed by atoms with van der Waals surface area (Å²) in [4.78, 5) is 9.83. The Balaban J connectivity index is 2.79. The van der Waals surface area contributed by atoms with Gasteiger partial charge in [-0.15, -0.1) is 13.2 Å². The van der Waals surface area contributed by atoms with Gasteiger partial charge in [0.05, 0.1) is 0 Å². The van der Waals surface area contributed by atoms with Gasteiger partial charge in [0.1, 0.15) is 6.61 Å². The monoisotopic (exact) mass is 238 g/mol. The average Bonchev–Trinajstić information content (AvgIpc) is 2.17. The van der Waals surface area contributed by atoms with Gasteiger partial charge in [0.15, 0.2) is 11.6 Å². The molecule has 0 aliphatic rings. The van der Waals surface area contributed by atoms with Crippen molar-refractivity contribution >= 4 is 6.47 Å². The van der Waals surface area contributed by atoms with E-state index in [1.807, 2.05) is 0 Å². The molecule has 1 aromatic carbocycles. The van der Waals surface area contributed by atoms with Crippen molar-refractivity contribution in [3.8, 4) is 5.75 Å². The molecule has 7 heteroatoms. The normalized spacial score (nSPS) is 11.0. The van der Waals surface area contributed by atoms with E-state index >= 15 is 0 Å². The standard InChI is InChI=1S/C9H6F4O3/c10-7-3-6(4-15-5-14)1-2-8(7)16-9(11,12)13/h1-3,5H,4H2. The van der Waals surface area contributed by atoms with Crippen LogP contribution in [0.25, 0.3) is 0 Å². The molecule has 1 aromatic rings. The summed E-state index contributed by atoms with van der Waals surface area (Å²) in [6.07, 6.45) is -4.94. The number of rotatable bonds is 4. The number of benzene rings is 1. The largest absolute Gasteiger partial charge is 0.573 e. The predicted molar refractivity (Wildman–Crippen MR) is 43.9 cm³/mol. The maximum absolute atomic E-state index is 13.0. The number of hydrogen-bond donors (Lipinski definition) is 0. The summed E-state index contributed by atoms with van der Waals surface area (Å²) in [5.41, 5.74) is 0.221. The predicted octanol–water partition coefficient (Wildman–Crippen LogP) is 2.40. The van der Waals surface area contributed by atoms with Crippen molar-refractivity contribution in [2.45, 2.75) is 13.0 Å². The molecule has 3 nitrogen and oxygen atoms in total. The molecule has 0 saturated heterocycles. The first-order chi connectivity index (χ1) is 7.42. The molecule has 0 saturated carbocycles. The zero-order chi connectivity index (χ0) is 12.2. The van der Waals surface area contributed by atoms with Crippen molar-refractivity contribution < 1.29 is 31.8 Å². The summed E-state index contributed by atoms with van der Waals surface area (Å²) in [5.74, 6) is -2.10. The molecule has 0 radical (unpaired) electrons. The lowest BCUT2D eigenvalue weighted by atomic mass is 10.2. The lowest BCUT2D eigenvalue weighted by molar-refractivity contribution is -0.275. The van der Waals surface area contributed by atoms with E-state index < -0.39 is 17.9 Å². The van der Waals surface area contributed by atoms with Gasteiger partial charge in [-0.05, 0) is 17.7 Å². The van der Waals surface area contributed by atoms with Crippen LogP contribution in [-0.4, -0.2) is 12.8 Å². The fraction of sp³-hybridized carbons (Fsp3) is 0.222. The molecule has 0 unspecified atom stereocenters. The van der Waals surface area contributed by atoms with Gasteiger partial charge < -0.3 is 9.47 Å². The highest BCUT2D eigenvalue weighted by atomic mass is 19.4. The maximum atomic E-state index is 13.0. The Hall–Kier alpha value is -1.79. The molecule has 0 N–H and O–H groups in total. The van der Waals surface area contributed by atoms with Gasteiger partial charge in [-0.25, -0.2) is 4.39 Å². The minimum Gasteiger partial charge on any atom is -0.463 e. The summed E-state index contributed by atoms with van der Waals surface area (Å²) in [7, 11) is 0. The molecule has 16 heavy (non-hydrogen) atoms. The van der Waals surface area contributed by atoms with E-state index in [4.69, 9.17) is 0 Å². The van der Waals surface area contributed by atoms with Crippen LogP contribution in [0.4, 0.5) is 17.6 Å². The van der Waals surface area contributed by atoms with Crippen LogP contribution in [-0.2, 0) is 16.1 Å². The van der Waals surface area contributed by atoms with E-state index in [9.17, 15) is 22.4 Å². The van der Waals surface area contributed by atoms with Gasteiger partial charge >= 0.3 is 6.36 Å². The summed E-state index contributed by atoms with van der Waals surface area (Å²) in [6, 6.07) is 2.77. The zero-order valence-electron chi connectivity index (χ0n) is 7.75. The van der Waals surface area contributed by atoms with E-state index in [1.165, 1.54) is 0 Å². The van der Waals surface area contributed by atoms with Crippen molar-refractivity contribution in [3.05, 3.63) is 29.6 Å².